The number of methoxy groups -OCH3 is 1. The second-order valence-electron chi connectivity index (χ2n) is 12.1. The van der Waals surface area contributed by atoms with Crippen LogP contribution in [0.5, 0.6) is 0 Å². The van der Waals surface area contributed by atoms with Gasteiger partial charge in [0.2, 0.25) is 0 Å². The predicted octanol–water partition coefficient (Wildman–Crippen LogP) is 6.22. The molecule has 5 fully saturated rings. The van der Waals surface area contributed by atoms with E-state index >= 15 is 0 Å². The Labute approximate surface area is 185 Å². The molecule has 1 spiro atoms. The number of Topliss-reactive ketones (excluding diaryl/α,β-unsaturated/α-hetero) is 1. The molecule has 0 heterocycles. The number of hydrogen-bond acceptors (Lipinski definition) is 3. The molecule has 9 atom stereocenters. The lowest BCUT2D eigenvalue weighted by molar-refractivity contribution is -0.184. The maximum absolute atomic E-state index is 13.4. The highest BCUT2D eigenvalue weighted by Crippen LogP contribution is 2.81. The van der Waals surface area contributed by atoms with Gasteiger partial charge in [-0.25, -0.2) is 0 Å². The number of ketones is 1. The van der Waals surface area contributed by atoms with Crippen LogP contribution in [-0.2, 0) is 14.0 Å². The maximum atomic E-state index is 13.4. The van der Waals surface area contributed by atoms with Gasteiger partial charge in [-0.2, -0.15) is 0 Å². The fraction of sp³-hybridized carbons (Fsp3) is 0.962. The zero-order valence-corrected chi connectivity index (χ0v) is 21.3. The van der Waals surface area contributed by atoms with Crippen LogP contribution in [0.2, 0.25) is 18.1 Å². The standard InChI is InChI=1S/C26H44O3Si/c1-7-30(8-2,9-3)29-22-15-20-18(19-10-11-21(27)25(19,22)5)14-23(28-6)26-16-17(26)12-13-24(20,26)4/h17-20,22-23H,7-16H2,1-6H3/t17-,18+,19+,20+,22-,23-,24-,25+,26+/m1/s1. The zero-order chi connectivity index (χ0) is 21.5. The molecule has 0 aromatic heterocycles. The summed E-state index contributed by atoms with van der Waals surface area (Å²) in [4.78, 5) is 13.4. The van der Waals surface area contributed by atoms with E-state index in [1.165, 1.54) is 43.8 Å². The molecule has 0 amide bonds. The molecular formula is C26H44O3Si. The largest absolute Gasteiger partial charge is 0.413 e. The van der Waals surface area contributed by atoms with E-state index in [9.17, 15) is 4.79 Å². The second-order valence-corrected chi connectivity index (χ2v) is 16.8. The van der Waals surface area contributed by atoms with Crippen molar-refractivity contribution in [1.29, 1.82) is 0 Å². The molecule has 0 unspecified atom stereocenters. The summed E-state index contributed by atoms with van der Waals surface area (Å²) in [6, 6.07) is 3.53. The quantitative estimate of drug-likeness (QED) is 0.467. The molecule has 30 heavy (non-hydrogen) atoms. The van der Waals surface area contributed by atoms with Gasteiger partial charge in [0.1, 0.15) is 5.78 Å². The molecule has 0 aromatic rings. The van der Waals surface area contributed by atoms with Gasteiger partial charge in [-0.05, 0) is 92.7 Å². The monoisotopic (exact) mass is 432 g/mol. The van der Waals surface area contributed by atoms with Crippen molar-refractivity contribution in [3.8, 4) is 0 Å². The van der Waals surface area contributed by atoms with Crippen molar-refractivity contribution >= 4 is 14.1 Å². The molecule has 0 radical (unpaired) electrons. The lowest BCUT2D eigenvalue weighted by atomic mass is 9.45. The van der Waals surface area contributed by atoms with Gasteiger partial charge >= 0.3 is 0 Å². The molecule has 5 rings (SSSR count). The van der Waals surface area contributed by atoms with Crippen LogP contribution in [0.25, 0.3) is 0 Å². The number of carbonyl (C=O) groups is 1. The molecule has 5 aliphatic rings. The highest BCUT2D eigenvalue weighted by molar-refractivity contribution is 6.73. The highest BCUT2D eigenvalue weighted by atomic mass is 28.4. The number of ether oxygens (including phenoxy) is 1. The zero-order valence-electron chi connectivity index (χ0n) is 20.3. The Bertz CT molecular complexity index is 711. The van der Waals surface area contributed by atoms with E-state index in [4.69, 9.17) is 9.16 Å². The number of carbonyl (C=O) groups excluding carboxylic acids is 1. The van der Waals surface area contributed by atoms with Crippen molar-refractivity contribution in [2.24, 2.45) is 39.9 Å². The van der Waals surface area contributed by atoms with Crippen molar-refractivity contribution in [3.63, 3.8) is 0 Å². The van der Waals surface area contributed by atoms with Gasteiger partial charge in [0.15, 0.2) is 8.32 Å². The van der Waals surface area contributed by atoms with Crippen LogP contribution in [-0.4, -0.2) is 33.4 Å². The van der Waals surface area contributed by atoms with E-state index < -0.39 is 8.32 Å². The molecule has 0 aromatic carbocycles. The van der Waals surface area contributed by atoms with Crippen molar-refractivity contribution in [2.45, 2.75) is 110 Å². The summed E-state index contributed by atoms with van der Waals surface area (Å²) in [5.41, 5.74) is 0.545. The first-order chi connectivity index (χ1) is 14.3. The van der Waals surface area contributed by atoms with E-state index in [1.54, 1.807) is 0 Å². The van der Waals surface area contributed by atoms with E-state index in [2.05, 4.69) is 34.6 Å². The minimum atomic E-state index is -1.76. The van der Waals surface area contributed by atoms with Gasteiger partial charge in [-0.1, -0.05) is 27.7 Å². The van der Waals surface area contributed by atoms with Gasteiger partial charge in [-0.15, -0.1) is 0 Å². The average Bonchev–Trinajstić information content (AvgIpc) is 3.30. The van der Waals surface area contributed by atoms with Gasteiger partial charge in [0, 0.05) is 18.9 Å². The number of rotatable bonds is 6. The van der Waals surface area contributed by atoms with E-state index in [1.807, 2.05) is 7.11 Å². The molecule has 0 aliphatic heterocycles. The Kier molecular flexibility index (Phi) is 4.98. The van der Waals surface area contributed by atoms with Crippen LogP contribution >= 0.6 is 0 Å². The van der Waals surface area contributed by atoms with Gasteiger partial charge in [0.05, 0.1) is 17.6 Å². The molecule has 5 saturated carbocycles. The lowest BCUT2D eigenvalue weighted by Crippen LogP contribution is -2.62. The Morgan fingerprint density at radius 1 is 1.00 bits per heavy atom. The van der Waals surface area contributed by atoms with Crippen LogP contribution in [0.15, 0.2) is 0 Å². The molecule has 0 saturated heterocycles. The second kappa shape index (κ2) is 6.90. The molecule has 170 valence electrons. The fourth-order valence-corrected chi connectivity index (χ4v) is 12.7. The Hall–Kier alpha value is -0.193. The first-order valence-corrected chi connectivity index (χ1v) is 15.5. The Balaban J connectivity index is 1.55. The molecular weight excluding hydrogens is 388 g/mol. The van der Waals surface area contributed by atoms with Gasteiger partial charge in [-0.3, -0.25) is 4.79 Å². The van der Waals surface area contributed by atoms with Crippen LogP contribution in [0.4, 0.5) is 0 Å². The van der Waals surface area contributed by atoms with Crippen LogP contribution in [0, 0.1) is 39.9 Å². The predicted molar refractivity (Wildman–Crippen MR) is 123 cm³/mol. The fourth-order valence-electron chi connectivity index (χ4n) is 9.78. The Morgan fingerprint density at radius 2 is 1.70 bits per heavy atom. The molecule has 4 heteroatoms. The lowest BCUT2D eigenvalue weighted by Gasteiger charge is -2.62. The maximum Gasteiger partial charge on any atom is 0.192 e. The molecule has 0 bridgehead atoms. The summed E-state index contributed by atoms with van der Waals surface area (Å²) < 4.78 is 13.5. The summed E-state index contributed by atoms with van der Waals surface area (Å²) in [7, 11) is 0.188. The minimum Gasteiger partial charge on any atom is -0.413 e. The molecule has 0 N–H and O–H groups in total. The summed E-state index contributed by atoms with van der Waals surface area (Å²) in [6.07, 6.45) is 8.86. The third kappa shape index (κ3) is 2.42. The van der Waals surface area contributed by atoms with Crippen molar-refractivity contribution in [3.05, 3.63) is 0 Å². The van der Waals surface area contributed by atoms with Crippen LogP contribution in [0.1, 0.15) is 79.6 Å². The van der Waals surface area contributed by atoms with Crippen LogP contribution < -0.4 is 0 Å². The summed E-state index contributed by atoms with van der Waals surface area (Å²) >= 11 is 0. The average molecular weight is 433 g/mol. The topological polar surface area (TPSA) is 35.5 Å². The molecule has 5 aliphatic carbocycles. The highest BCUT2D eigenvalue weighted by Gasteiger charge is 2.78. The van der Waals surface area contributed by atoms with E-state index in [-0.39, 0.29) is 11.5 Å². The normalized spacial score (nSPS) is 51.9. The summed E-state index contributed by atoms with van der Waals surface area (Å²) in [5.74, 6) is 3.24. The van der Waals surface area contributed by atoms with Gasteiger partial charge in [0.25, 0.3) is 0 Å². The van der Waals surface area contributed by atoms with Crippen molar-refractivity contribution in [2.75, 3.05) is 7.11 Å². The Morgan fingerprint density at radius 3 is 2.30 bits per heavy atom. The van der Waals surface area contributed by atoms with Crippen molar-refractivity contribution < 1.29 is 14.0 Å². The smallest absolute Gasteiger partial charge is 0.192 e. The minimum absolute atomic E-state index is 0.149. The van der Waals surface area contributed by atoms with Crippen LogP contribution in [0.3, 0.4) is 0 Å². The summed E-state index contributed by atoms with van der Waals surface area (Å²) in [5, 5.41) is 0. The van der Waals surface area contributed by atoms with Crippen molar-refractivity contribution in [1.82, 2.24) is 0 Å². The summed E-state index contributed by atoms with van der Waals surface area (Å²) in [6.45, 7) is 11.9. The van der Waals surface area contributed by atoms with Gasteiger partial charge < -0.3 is 9.16 Å². The molecule has 3 nitrogen and oxygen atoms in total. The third-order valence-electron chi connectivity index (χ3n) is 11.9. The number of fused-ring (bicyclic) bond motifs is 4. The third-order valence-corrected chi connectivity index (χ3v) is 16.6. The van der Waals surface area contributed by atoms with E-state index in [0.29, 0.717) is 40.5 Å². The first-order valence-electron chi connectivity index (χ1n) is 13.0. The number of hydrogen-bond donors (Lipinski definition) is 0. The SMILES string of the molecule is CC[Si](CC)(CC)O[C@@H]1C[C@H]2[C@@H](C[C@@H](OC)[C@]34C[C@H]3CC[C@]24C)[C@@H]2CCC(=O)[C@@]12C. The van der Waals surface area contributed by atoms with E-state index in [0.717, 1.165) is 25.2 Å². The first kappa shape index (κ1) is 21.6.